The van der Waals surface area contributed by atoms with Crippen molar-refractivity contribution in [2.45, 2.75) is 32.2 Å². The van der Waals surface area contributed by atoms with Gasteiger partial charge in [0.05, 0.1) is 12.3 Å². The Labute approximate surface area is 91.9 Å². The van der Waals surface area contributed by atoms with Crippen LogP contribution in [0.3, 0.4) is 0 Å². The normalized spacial score (nSPS) is 21.8. The lowest BCUT2D eigenvalue weighted by Gasteiger charge is -2.22. The van der Waals surface area contributed by atoms with Crippen molar-refractivity contribution >= 4 is 10.0 Å². The first-order chi connectivity index (χ1) is 7.14. The molecule has 1 aliphatic rings. The van der Waals surface area contributed by atoms with E-state index in [1.807, 2.05) is 0 Å². The minimum atomic E-state index is -3.17. The molecule has 0 aromatic rings. The lowest BCUT2D eigenvalue weighted by atomic mass is 10.1. The van der Waals surface area contributed by atoms with Gasteiger partial charge in [-0.25, -0.2) is 13.1 Å². The summed E-state index contributed by atoms with van der Waals surface area (Å²) in [6.07, 6.45) is 3.20. The van der Waals surface area contributed by atoms with Crippen LogP contribution in [-0.4, -0.2) is 33.3 Å². The molecular weight excluding hydrogens is 212 g/mol. The zero-order valence-corrected chi connectivity index (χ0v) is 9.86. The van der Waals surface area contributed by atoms with Crippen molar-refractivity contribution in [3.8, 4) is 11.8 Å². The number of hydrogen-bond acceptors (Lipinski definition) is 3. The van der Waals surface area contributed by atoms with E-state index in [-0.39, 0.29) is 18.3 Å². The third kappa shape index (κ3) is 5.17. The Kier molecular flexibility index (Phi) is 5.09. The van der Waals surface area contributed by atoms with E-state index in [1.165, 1.54) is 0 Å². The zero-order chi connectivity index (χ0) is 11.1. The summed E-state index contributed by atoms with van der Waals surface area (Å²) in [4.78, 5) is 0. The fraction of sp³-hybridized carbons (Fsp3) is 0.800. The summed E-state index contributed by atoms with van der Waals surface area (Å²) in [5, 5.41) is 3.21. The molecule has 5 heteroatoms. The summed E-state index contributed by atoms with van der Waals surface area (Å²) in [5.41, 5.74) is 0. The van der Waals surface area contributed by atoms with Gasteiger partial charge in [-0.15, -0.1) is 5.92 Å². The molecule has 0 aliphatic carbocycles. The Bertz CT molecular complexity index is 334. The Morgan fingerprint density at radius 2 is 2.27 bits per heavy atom. The van der Waals surface area contributed by atoms with E-state index in [2.05, 4.69) is 21.9 Å². The van der Waals surface area contributed by atoms with Crippen LogP contribution in [0.4, 0.5) is 0 Å². The van der Waals surface area contributed by atoms with Gasteiger partial charge >= 0.3 is 0 Å². The maximum absolute atomic E-state index is 11.6. The van der Waals surface area contributed by atoms with Crippen LogP contribution < -0.4 is 10.0 Å². The molecular formula is C10H18N2O2S. The van der Waals surface area contributed by atoms with E-state index >= 15 is 0 Å². The standard InChI is InChI=1S/C10H18N2O2S/c1-2-3-8-12-15(13,14)9-10-6-4-5-7-11-10/h10-12H,4-9H2,1H3. The van der Waals surface area contributed by atoms with E-state index < -0.39 is 10.0 Å². The van der Waals surface area contributed by atoms with E-state index in [1.54, 1.807) is 6.92 Å². The summed E-state index contributed by atoms with van der Waals surface area (Å²) >= 11 is 0. The molecule has 0 spiro atoms. The highest BCUT2D eigenvalue weighted by molar-refractivity contribution is 7.89. The van der Waals surface area contributed by atoms with Crippen LogP contribution in [0.5, 0.6) is 0 Å². The van der Waals surface area contributed by atoms with Gasteiger partial charge in [0.25, 0.3) is 0 Å². The second kappa shape index (κ2) is 6.11. The molecule has 2 N–H and O–H groups in total. The Morgan fingerprint density at radius 3 is 2.87 bits per heavy atom. The molecule has 1 heterocycles. The molecule has 1 fully saturated rings. The van der Waals surface area contributed by atoms with Gasteiger partial charge in [-0.2, -0.15) is 0 Å². The monoisotopic (exact) mass is 230 g/mol. The molecule has 0 amide bonds. The van der Waals surface area contributed by atoms with E-state index in [4.69, 9.17) is 0 Å². The number of sulfonamides is 1. The van der Waals surface area contributed by atoms with Crippen LogP contribution in [0.25, 0.3) is 0 Å². The first-order valence-corrected chi connectivity index (χ1v) is 6.89. The second-order valence-electron chi connectivity index (χ2n) is 3.68. The number of nitrogens with one attached hydrogen (secondary N) is 2. The molecule has 15 heavy (non-hydrogen) atoms. The summed E-state index contributed by atoms with van der Waals surface area (Å²) in [7, 11) is -3.17. The summed E-state index contributed by atoms with van der Waals surface area (Å²) in [6.45, 7) is 2.83. The van der Waals surface area contributed by atoms with Gasteiger partial charge in [0.2, 0.25) is 10.0 Å². The molecule has 1 aliphatic heterocycles. The molecule has 1 unspecified atom stereocenters. The molecule has 1 atom stereocenters. The Hall–Kier alpha value is -0.570. The lowest BCUT2D eigenvalue weighted by Crippen LogP contribution is -2.42. The maximum Gasteiger partial charge on any atom is 0.214 e. The van der Waals surface area contributed by atoms with Gasteiger partial charge in [-0.3, -0.25) is 0 Å². The molecule has 0 aromatic carbocycles. The van der Waals surface area contributed by atoms with Crippen molar-refractivity contribution in [3.05, 3.63) is 0 Å². The van der Waals surface area contributed by atoms with Crippen LogP contribution in [0, 0.1) is 11.8 Å². The fourth-order valence-corrected chi connectivity index (χ4v) is 2.85. The molecule has 86 valence electrons. The third-order valence-electron chi connectivity index (χ3n) is 2.39. The van der Waals surface area contributed by atoms with E-state index in [0.717, 1.165) is 25.8 Å². The minimum Gasteiger partial charge on any atom is -0.313 e. The molecule has 0 aromatic heterocycles. The van der Waals surface area contributed by atoms with Gasteiger partial charge in [0.1, 0.15) is 0 Å². The minimum absolute atomic E-state index is 0.103. The van der Waals surface area contributed by atoms with Gasteiger partial charge in [0, 0.05) is 6.04 Å². The molecule has 0 bridgehead atoms. The Morgan fingerprint density at radius 1 is 1.47 bits per heavy atom. The molecule has 0 saturated carbocycles. The lowest BCUT2D eigenvalue weighted by molar-refractivity contribution is 0.422. The predicted molar refractivity (Wildman–Crippen MR) is 60.9 cm³/mol. The molecule has 1 rings (SSSR count). The van der Waals surface area contributed by atoms with Gasteiger partial charge < -0.3 is 5.32 Å². The second-order valence-corrected chi connectivity index (χ2v) is 5.53. The summed E-state index contributed by atoms with van der Waals surface area (Å²) in [6, 6.07) is 0.103. The fourth-order valence-electron chi connectivity index (χ4n) is 1.62. The van der Waals surface area contributed by atoms with Crippen LogP contribution in [0.15, 0.2) is 0 Å². The first-order valence-electron chi connectivity index (χ1n) is 5.24. The van der Waals surface area contributed by atoms with Crippen molar-refractivity contribution in [1.29, 1.82) is 0 Å². The van der Waals surface area contributed by atoms with Gasteiger partial charge in [-0.05, 0) is 26.3 Å². The zero-order valence-electron chi connectivity index (χ0n) is 9.04. The van der Waals surface area contributed by atoms with Crippen LogP contribution >= 0.6 is 0 Å². The Balaban J connectivity index is 2.36. The van der Waals surface area contributed by atoms with Crippen molar-refractivity contribution < 1.29 is 8.42 Å². The predicted octanol–water partition coefficient (Wildman–Crippen LogP) is 0.0712. The molecule has 4 nitrogen and oxygen atoms in total. The van der Waals surface area contributed by atoms with Gasteiger partial charge in [-0.1, -0.05) is 12.3 Å². The maximum atomic E-state index is 11.6. The first kappa shape index (κ1) is 12.5. The van der Waals surface area contributed by atoms with Crippen molar-refractivity contribution in [1.82, 2.24) is 10.0 Å². The van der Waals surface area contributed by atoms with E-state index in [0.29, 0.717) is 0 Å². The quantitative estimate of drug-likeness (QED) is 0.672. The van der Waals surface area contributed by atoms with E-state index in [9.17, 15) is 8.42 Å². The van der Waals surface area contributed by atoms with Crippen LogP contribution in [-0.2, 0) is 10.0 Å². The number of rotatable bonds is 4. The van der Waals surface area contributed by atoms with Crippen molar-refractivity contribution in [3.63, 3.8) is 0 Å². The van der Waals surface area contributed by atoms with Crippen molar-refractivity contribution in [2.75, 3.05) is 18.8 Å². The highest BCUT2D eigenvalue weighted by Gasteiger charge is 2.19. The number of piperidine rings is 1. The summed E-state index contributed by atoms with van der Waals surface area (Å²) < 4.78 is 25.6. The average Bonchev–Trinajstić information content (AvgIpc) is 2.18. The topological polar surface area (TPSA) is 58.2 Å². The van der Waals surface area contributed by atoms with Gasteiger partial charge in [0.15, 0.2) is 0 Å². The smallest absolute Gasteiger partial charge is 0.214 e. The third-order valence-corrected chi connectivity index (χ3v) is 3.82. The van der Waals surface area contributed by atoms with Crippen LogP contribution in [0.1, 0.15) is 26.2 Å². The SMILES string of the molecule is CC#CCNS(=O)(=O)CC1CCCCN1. The number of hydrogen-bond donors (Lipinski definition) is 2. The van der Waals surface area contributed by atoms with Crippen molar-refractivity contribution in [2.24, 2.45) is 0 Å². The average molecular weight is 230 g/mol. The van der Waals surface area contributed by atoms with Crippen LogP contribution in [0.2, 0.25) is 0 Å². The molecule has 1 saturated heterocycles. The summed E-state index contributed by atoms with van der Waals surface area (Å²) in [5.74, 6) is 5.50. The highest BCUT2D eigenvalue weighted by Crippen LogP contribution is 2.08. The largest absolute Gasteiger partial charge is 0.313 e. The highest BCUT2D eigenvalue weighted by atomic mass is 32.2. The molecule has 0 radical (unpaired) electrons.